The van der Waals surface area contributed by atoms with Gasteiger partial charge in [-0.15, -0.1) is 0 Å². The van der Waals surface area contributed by atoms with E-state index >= 15 is 0 Å². The quantitative estimate of drug-likeness (QED) is 0.692. The number of allylic oxidation sites excluding steroid dienone is 2. The molecule has 2 heteroatoms. The maximum Gasteiger partial charge on any atom is 0.134 e. The van der Waals surface area contributed by atoms with Gasteiger partial charge in [0.2, 0.25) is 0 Å². The minimum atomic E-state index is 0.201. The van der Waals surface area contributed by atoms with E-state index in [1.807, 2.05) is 18.2 Å². The smallest absolute Gasteiger partial charge is 0.134 e. The lowest BCUT2D eigenvalue weighted by Crippen LogP contribution is -2.05. The van der Waals surface area contributed by atoms with Crippen LogP contribution in [0.4, 0.5) is 0 Å². The fourth-order valence-electron chi connectivity index (χ4n) is 3.74. The first-order valence-electron chi connectivity index (χ1n) is 6.84. The van der Waals surface area contributed by atoms with Crippen molar-refractivity contribution in [1.82, 2.24) is 0 Å². The average molecular weight is 240 g/mol. The van der Waals surface area contributed by atoms with Crippen LogP contribution in [0.25, 0.3) is 0 Å². The lowest BCUT2D eigenvalue weighted by atomic mass is 9.93. The Hall–Kier alpha value is -1.57. The minimum absolute atomic E-state index is 0.201. The van der Waals surface area contributed by atoms with Crippen molar-refractivity contribution in [3.8, 4) is 5.75 Å². The van der Waals surface area contributed by atoms with E-state index in [1.54, 1.807) is 0 Å². The Labute approximate surface area is 107 Å². The highest BCUT2D eigenvalue weighted by molar-refractivity contribution is 5.82. The van der Waals surface area contributed by atoms with Gasteiger partial charge in [0.25, 0.3) is 0 Å². The van der Waals surface area contributed by atoms with Crippen LogP contribution in [-0.4, -0.2) is 5.78 Å². The maximum atomic E-state index is 12.1. The van der Waals surface area contributed by atoms with E-state index in [-0.39, 0.29) is 5.92 Å². The molecule has 92 valence electrons. The third-order valence-corrected chi connectivity index (χ3v) is 4.54. The number of ether oxygens (including phenoxy) is 1. The van der Waals surface area contributed by atoms with Crippen molar-refractivity contribution in [2.24, 2.45) is 5.92 Å². The van der Waals surface area contributed by atoms with E-state index in [1.165, 1.54) is 17.6 Å². The van der Waals surface area contributed by atoms with Crippen LogP contribution in [0.1, 0.15) is 43.6 Å². The lowest BCUT2D eigenvalue weighted by molar-refractivity contribution is -0.119. The molecule has 2 atom stereocenters. The zero-order valence-corrected chi connectivity index (χ0v) is 10.3. The molecule has 0 aromatic heterocycles. The van der Waals surface area contributed by atoms with Crippen LogP contribution in [0.3, 0.4) is 0 Å². The van der Waals surface area contributed by atoms with Gasteiger partial charge in [0.05, 0.1) is 5.92 Å². The molecule has 2 aliphatic carbocycles. The molecule has 18 heavy (non-hydrogen) atoms. The number of Topliss-reactive ketones (excluding diaryl/α,β-unsaturated/α-hetero) is 1. The summed E-state index contributed by atoms with van der Waals surface area (Å²) < 4.78 is 6.08. The summed E-state index contributed by atoms with van der Waals surface area (Å²) in [6.45, 7) is 0. The normalized spacial score (nSPS) is 29.4. The Bertz CT molecular complexity index is 556. The van der Waals surface area contributed by atoms with E-state index in [2.05, 4.69) is 6.07 Å². The summed E-state index contributed by atoms with van der Waals surface area (Å²) >= 11 is 0. The van der Waals surface area contributed by atoms with Crippen LogP contribution >= 0.6 is 0 Å². The van der Waals surface area contributed by atoms with Crippen LogP contribution in [0.15, 0.2) is 35.6 Å². The maximum absolute atomic E-state index is 12.1. The van der Waals surface area contributed by atoms with Crippen molar-refractivity contribution in [1.29, 1.82) is 0 Å². The number of benzene rings is 1. The fraction of sp³-hybridized carbons (Fsp3) is 0.438. The van der Waals surface area contributed by atoms with E-state index in [0.717, 1.165) is 30.8 Å². The summed E-state index contributed by atoms with van der Waals surface area (Å²) in [4.78, 5) is 12.1. The van der Waals surface area contributed by atoms with Crippen LogP contribution in [0, 0.1) is 5.92 Å². The second-order valence-electron chi connectivity index (χ2n) is 5.62. The van der Waals surface area contributed by atoms with Crippen molar-refractivity contribution in [3.63, 3.8) is 0 Å². The Morgan fingerprint density at radius 1 is 1.17 bits per heavy atom. The number of para-hydroxylation sites is 1. The summed E-state index contributed by atoms with van der Waals surface area (Å²) in [7, 11) is 0. The summed E-state index contributed by atoms with van der Waals surface area (Å²) in [5.74, 6) is 3.15. The van der Waals surface area contributed by atoms with Crippen LogP contribution in [0.2, 0.25) is 0 Å². The molecule has 1 aromatic rings. The highest BCUT2D eigenvalue weighted by Crippen LogP contribution is 2.50. The van der Waals surface area contributed by atoms with Gasteiger partial charge in [0, 0.05) is 18.4 Å². The van der Waals surface area contributed by atoms with E-state index in [9.17, 15) is 4.79 Å². The number of ketones is 1. The van der Waals surface area contributed by atoms with Crippen LogP contribution in [-0.2, 0) is 4.79 Å². The number of hydrogen-bond donors (Lipinski definition) is 0. The molecule has 1 fully saturated rings. The van der Waals surface area contributed by atoms with Crippen molar-refractivity contribution in [2.45, 2.75) is 38.0 Å². The van der Waals surface area contributed by atoms with Gasteiger partial charge in [0.15, 0.2) is 0 Å². The van der Waals surface area contributed by atoms with Crippen LogP contribution in [0.5, 0.6) is 5.75 Å². The third-order valence-electron chi connectivity index (χ3n) is 4.54. The topological polar surface area (TPSA) is 26.3 Å². The SMILES string of the molecule is O=C1C[C@H]2CCCC2=C2Oc3ccccc3[C@H]2C1. The highest BCUT2D eigenvalue weighted by atomic mass is 16.5. The van der Waals surface area contributed by atoms with Gasteiger partial charge in [-0.25, -0.2) is 0 Å². The predicted octanol–water partition coefficient (Wildman–Crippen LogP) is 3.58. The standard InChI is InChI=1S/C16H16O2/c17-11-8-10-4-3-6-12(10)16-14(9-11)13-5-1-2-7-15(13)18-16/h1-2,5,7,10,14H,3-4,6,8-9H2/t10-,14-/m1/s1. The predicted molar refractivity (Wildman–Crippen MR) is 68.4 cm³/mol. The van der Waals surface area contributed by atoms with Crippen molar-refractivity contribution < 1.29 is 9.53 Å². The molecule has 1 aliphatic heterocycles. The number of carbonyl (C=O) groups is 1. The average Bonchev–Trinajstić information content (AvgIpc) is 2.92. The number of rotatable bonds is 0. The van der Waals surface area contributed by atoms with Crippen molar-refractivity contribution in [2.75, 3.05) is 0 Å². The lowest BCUT2D eigenvalue weighted by Gasteiger charge is -2.11. The molecule has 1 aromatic carbocycles. The monoisotopic (exact) mass is 240 g/mol. The number of fused-ring (bicyclic) bond motifs is 4. The summed E-state index contributed by atoms with van der Waals surface area (Å²) in [5.41, 5.74) is 2.64. The molecule has 1 saturated carbocycles. The zero-order chi connectivity index (χ0) is 12.1. The Morgan fingerprint density at radius 3 is 3.00 bits per heavy atom. The first-order valence-corrected chi connectivity index (χ1v) is 6.84. The molecule has 4 rings (SSSR count). The molecule has 2 nitrogen and oxygen atoms in total. The van der Waals surface area contributed by atoms with Crippen molar-refractivity contribution in [3.05, 3.63) is 41.2 Å². The molecule has 3 aliphatic rings. The summed E-state index contributed by atoms with van der Waals surface area (Å²) in [6.07, 6.45) is 4.87. The Balaban J connectivity index is 1.87. The molecule has 0 bridgehead atoms. The van der Waals surface area contributed by atoms with Crippen molar-refractivity contribution >= 4 is 5.78 Å². The highest BCUT2D eigenvalue weighted by Gasteiger charge is 2.40. The summed E-state index contributed by atoms with van der Waals surface area (Å²) in [5, 5.41) is 0. The van der Waals surface area contributed by atoms with Gasteiger partial charge >= 0.3 is 0 Å². The van der Waals surface area contributed by atoms with Gasteiger partial charge in [-0.2, -0.15) is 0 Å². The molecule has 0 N–H and O–H groups in total. The van der Waals surface area contributed by atoms with Gasteiger partial charge in [-0.1, -0.05) is 18.2 Å². The Kier molecular flexibility index (Phi) is 2.14. The molecule has 0 amide bonds. The van der Waals surface area contributed by atoms with E-state index in [4.69, 9.17) is 4.74 Å². The minimum Gasteiger partial charge on any atom is -0.461 e. The van der Waals surface area contributed by atoms with E-state index in [0.29, 0.717) is 18.1 Å². The largest absolute Gasteiger partial charge is 0.461 e. The van der Waals surface area contributed by atoms with Crippen LogP contribution < -0.4 is 4.74 Å². The Morgan fingerprint density at radius 2 is 2.06 bits per heavy atom. The zero-order valence-electron chi connectivity index (χ0n) is 10.3. The number of carbonyl (C=O) groups excluding carboxylic acids is 1. The van der Waals surface area contributed by atoms with Gasteiger partial charge in [-0.3, -0.25) is 4.79 Å². The molecule has 0 saturated heterocycles. The second kappa shape index (κ2) is 3.71. The number of hydrogen-bond acceptors (Lipinski definition) is 2. The van der Waals surface area contributed by atoms with Gasteiger partial charge in [-0.05, 0) is 36.8 Å². The fourth-order valence-corrected chi connectivity index (χ4v) is 3.74. The van der Waals surface area contributed by atoms with Gasteiger partial charge in [0.1, 0.15) is 17.3 Å². The molecular weight excluding hydrogens is 224 g/mol. The first-order chi connectivity index (χ1) is 8.83. The molecule has 0 spiro atoms. The van der Waals surface area contributed by atoms with E-state index < -0.39 is 0 Å². The molecule has 1 heterocycles. The summed E-state index contributed by atoms with van der Waals surface area (Å²) in [6, 6.07) is 8.17. The molecular formula is C16H16O2. The second-order valence-corrected chi connectivity index (χ2v) is 5.62. The molecule has 0 radical (unpaired) electrons. The third kappa shape index (κ3) is 1.38. The van der Waals surface area contributed by atoms with Gasteiger partial charge < -0.3 is 4.74 Å². The first kappa shape index (κ1) is 10.4. The molecule has 0 unspecified atom stereocenters.